The van der Waals surface area contributed by atoms with Gasteiger partial charge in [-0.05, 0) is 39.3 Å². The van der Waals surface area contributed by atoms with E-state index in [-0.39, 0.29) is 0 Å². The van der Waals surface area contributed by atoms with Crippen molar-refractivity contribution in [3.63, 3.8) is 0 Å². The average molecular weight is 239 g/mol. The molecule has 0 aliphatic heterocycles. The van der Waals surface area contributed by atoms with Gasteiger partial charge in [0.25, 0.3) is 0 Å². The van der Waals surface area contributed by atoms with Crippen LogP contribution in [0.5, 0.6) is 0 Å². The molecule has 0 amide bonds. The van der Waals surface area contributed by atoms with Gasteiger partial charge in [0, 0.05) is 25.0 Å². The lowest BCUT2D eigenvalue weighted by atomic mass is 10.1. The quantitative estimate of drug-likeness (QED) is 0.751. The molecule has 1 heterocycles. The normalized spacial score (nSPS) is 13.2. The Hall–Kier alpha value is -0.870. The predicted molar refractivity (Wildman–Crippen MR) is 70.1 cm³/mol. The van der Waals surface area contributed by atoms with E-state index in [9.17, 15) is 0 Å². The van der Waals surface area contributed by atoms with Crippen molar-refractivity contribution in [1.82, 2.24) is 15.1 Å². The van der Waals surface area contributed by atoms with Crippen LogP contribution in [0.3, 0.4) is 0 Å². The van der Waals surface area contributed by atoms with Gasteiger partial charge >= 0.3 is 0 Å². The third-order valence-electron chi connectivity index (χ3n) is 2.79. The van der Waals surface area contributed by atoms with Crippen LogP contribution in [0.25, 0.3) is 0 Å². The van der Waals surface area contributed by atoms with Crippen molar-refractivity contribution in [3.8, 4) is 0 Å². The minimum atomic E-state index is 0.299. The molecule has 4 nitrogen and oxygen atoms in total. The number of rotatable bonds is 8. The number of nitrogens with one attached hydrogen (secondary N) is 1. The lowest BCUT2D eigenvalue weighted by molar-refractivity contribution is 0.0598. The molecule has 0 aliphatic rings. The van der Waals surface area contributed by atoms with E-state index in [2.05, 4.69) is 37.3 Å². The first-order valence-electron chi connectivity index (χ1n) is 6.45. The van der Waals surface area contributed by atoms with Gasteiger partial charge in [0.05, 0.1) is 12.7 Å². The van der Waals surface area contributed by atoms with E-state index in [0.29, 0.717) is 12.1 Å². The highest BCUT2D eigenvalue weighted by molar-refractivity contribution is 5.00. The highest BCUT2D eigenvalue weighted by atomic mass is 16.5. The summed E-state index contributed by atoms with van der Waals surface area (Å²) in [5.41, 5.74) is 1.28. The molecule has 0 radical (unpaired) electrons. The molecule has 0 aromatic carbocycles. The zero-order valence-corrected chi connectivity index (χ0v) is 11.4. The van der Waals surface area contributed by atoms with Gasteiger partial charge in [0.2, 0.25) is 0 Å². The molecule has 1 rings (SSSR count). The molecular weight excluding hydrogens is 214 g/mol. The fourth-order valence-corrected chi connectivity index (χ4v) is 1.81. The Labute approximate surface area is 104 Å². The second kappa shape index (κ2) is 7.45. The third kappa shape index (κ3) is 5.33. The van der Waals surface area contributed by atoms with Gasteiger partial charge in [0.15, 0.2) is 0 Å². The van der Waals surface area contributed by atoms with Crippen LogP contribution in [-0.2, 0) is 18.2 Å². The van der Waals surface area contributed by atoms with Crippen LogP contribution in [0.1, 0.15) is 32.9 Å². The van der Waals surface area contributed by atoms with Crippen LogP contribution in [0.2, 0.25) is 0 Å². The Morgan fingerprint density at radius 2 is 2.24 bits per heavy atom. The van der Waals surface area contributed by atoms with Gasteiger partial charge in [0.1, 0.15) is 0 Å². The number of likely N-dealkylation sites (N-methyl/N-ethyl adjacent to an activating group) is 1. The van der Waals surface area contributed by atoms with Crippen molar-refractivity contribution >= 4 is 0 Å². The monoisotopic (exact) mass is 239 g/mol. The van der Waals surface area contributed by atoms with Crippen molar-refractivity contribution in [1.29, 1.82) is 0 Å². The van der Waals surface area contributed by atoms with Crippen molar-refractivity contribution in [2.24, 2.45) is 7.05 Å². The summed E-state index contributed by atoms with van der Waals surface area (Å²) in [7, 11) is 1.99. The van der Waals surface area contributed by atoms with Crippen LogP contribution in [0, 0.1) is 0 Å². The first kappa shape index (κ1) is 14.2. The van der Waals surface area contributed by atoms with Gasteiger partial charge in [-0.25, -0.2) is 0 Å². The number of nitrogens with zero attached hydrogens (tertiary/aromatic N) is 2. The van der Waals surface area contributed by atoms with Gasteiger partial charge in [-0.1, -0.05) is 6.92 Å². The summed E-state index contributed by atoms with van der Waals surface area (Å²) in [5.74, 6) is 0. The lowest BCUT2D eigenvalue weighted by Crippen LogP contribution is -2.34. The van der Waals surface area contributed by atoms with Gasteiger partial charge in [-0.2, -0.15) is 5.10 Å². The molecule has 1 aromatic rings. The zero-order valence-electron chi connectivity index (χ0n) is 11.4. The van der Waals surface area contributed by atoms with E-state index in [1.165, 1.54) is 5.69 Å². The Bertz CT molecular complexity index is 309. The lowest BCUT2D eigenvalue weighted by Gasteiger charge is -2.19. The molecule has 0 spiro atoms. The molecule has 0 saturated heterocycles. The summed E-state index contributed by atoms with van der Waals surface area (Å²) in [5, 5.41) is 7.64. The Morgan fingerprint density at radius 3 is 2.76 bits per heavy atom. The Morgan fingerprint density at radius 1 is 1.47 bits per heavy atom. The van der Waals surface area contributed by atoms with E-state index in [1.54, 1.807) is 0 Å². The highest BCUT2D eigenvalue weighted by Crippen LogP contribution is 2.05. The molecule has 0 bridgehead atoms. The standard InChI is InChI=1S/C13H25N3O/c1-5-14-12(10-17-11(2)3)6-7-13-8-9-15-16(13)4/h8-9,11-12,14H,5-7,10H2,1-4H3. The number of hydrogen-bond acceptors (Lipinski definition) is 3. The van der Waals surface area contributed by atoms with Crippen molar-refractivity contribution < 1.29 is 4.74 Å². The van der Waals surface area contributed by atoms with E-state index in [1.807, 2.05) is 17.9 Å². The fraction of sp³-hybridized carbons (Fsp3) is 0.769. The van der Waals surface area contributed by atoms with E-state index in [4.69, 9.17) is 4.74 Å². The number of aromatic nitrogens is 2. The maximum Gasteiger partial charge on any atom is 0.0623 e. The highest BCUT2D eigenvalue weighted by Gasteiger charge is 2.10. The summed E-state index contributed by atoms with van der Waals surface area (Å²) in [6.45, 7) is 8.04. The van der Waals surface area contributed by atoms with E-state index >= 15 is 0 Å². The molecule has 1 atom stereocenters. The van der Waals surface area contributed by atoms with Crippen LogP contribution >= 0.6 is 0 Å². The number of hydrogen-bond donors (Lipinski definition) is 1. The van der Waals surface area contributed by atoms with Gasteiger partial charge < -0.3 is 10.1 Å². The summed E-state index contributed by atoms with van der Waals surface area (Å²) < 4.78 is 7.61. The second-order valence-corrected chi connectivity index (χ2v) is 4.62. The zero-order chi connectivity index (χ0) is 12.7. The molecule has 0 fully saturated rings. The molecule has 1 N–H and O–H groups in total. The van der Waals surface area contributed by atoms with Crippen LogP contribution in [0.15, 0.2) is 12.3 Å². The smallest absolute Gasteiger partial charge is 0.0623 e. The largest absolute Gasteiger partial charge is 0.377 e. The molecule has 1 aromatic heterocycles. The topological polar surface area (TPSA) is 39.1 Å². The molecule has 1 unspecified atom stereocenters. The molecule has 98 valence electrons. The third-order valence-corrected chi connectivity index (χ3v) is 2.79. The number of aryl methyl sites for hydroxylation is 2. The SMILES string of the molecule is CCNC(CCc1ccnn1C)COC(C)C. The number of ether oxygens (including phenoxy) is 1. The summed E-state index contributed by atoms with van der Waals surface area (Å²) >= 11 is 0. The van der Waals surface area contributed by atoms with Crippen LogP contribution in [-0.4, -0.2) is 35.1 Å². The summed E-state index contributed by atoms with van der Waals surface area (Å²) in [6.07, 6.45) is 4.27. The fourth-order valence-electron chi connectivity index (χ4n) is 1.81. The van der Waals surface area contributed by atoms with Gasteiger partial charge in [-0.15, -0.1) is 0 Å². The van der Waals surface area contributed by atoms with Gasteiger partial charge in [-0.3, -0.25) is 4.68 Å². The summed E-state index contributed by atoms with van der Waals surface area (Å²) in [6, 6.07) is 2.50. The predicted octanol–water partition coefficient (Wildman–Crippen LogP) is 1.76. The molecular formula is C13H25N3O. The van der Waals surface area contributed by atoms with Crippen molar-refractivity contribution in [2.45, 2.75) is 45.8 Å². The first-order chi connectivity index (χ1) is 8.13. The molecule has 0 saturated carbocycles. The van der Waals surface area contributed by atoms with Crippen LogP contribution < -0.4 is 5.32 Å². The van der Waals surface area contributed by atoms with Crippen LogP contribution in [0.4, 0.5) is 0 Å². The first-order valence-corrected chi connectivity index (χ1v) is 6.45. The average Bonchev–Trinajstić information content (AvgIpc) is 2.68. The maximum atomic E-state index is 5.67. The van der Waals surface area contributed by atoms with E-state index < -0.39 is 0 Å². The van der Waals surface area contributed by atoms with E-state index in [0.717, 1.165) is 26.0 Å². The molecule has 4 heteroatoms. The minimum Gasteiger partial charge on any atom is -0.377 e. The summed E-state index contributed by atoms with van der Waals surface area (Å²) in [4.78, 5) is 0. The molecule has 0 aliphatic carbocycles. The Balaban J connectivity index is 2.36. The maximum absolute atomic E-state index is 5.67. The molecule has 17 heavy (non-hydrogen) atoms. The van der Waals surface area contributed by atoms with Crippen molar-refractivity contribution in [3.05, 3.63) is 18.0 Å². The second-order valence-electron chi connectivity index (χ2n) is 4.62. The Kier molecular flexibility index (Phi) is 6.22. The minimum absolute atomic E-state index is 0.299. The van der Waals surface area contributed by atoms with Crippen molar-refractivity contribution in [2.75, 3.05) is 13.2 Å².